The van der Waals surface area contributed by atoms with E-state index in [9.17, 15) is 9.59 Å². The van der Waals surface area contributed by atoms with Crippen molar-refractivity contribution in [2.24, 2.45) is 7.05 Å². The molecule has 20 heavy (non-hydrogen) atoms. The molecule has 108 valence electrons. The van der Waals surface area contributed by atoms with E-state index in [0.29, 0.717) is 29.8 Å². The second-order valence-electron chi connectivity index (χ2n) is 4.60. The molecule has 0 atom stereocenters. The van der Waals surface area contributed by atoms with Crippen molar-refractivity contribution in [2.45, 2.75) is 33.1 Å². The molecule has 0 radical (unpaired) electrons. The van der Waals surface area contributed by atoms with Crippen LogP contribution in [0, 0.1) is 0 Å². The van der Waals surface area contributed by atoms with E-state index in [4.69, 9.17) is 11.6 Å². The van der Waals surface area contributed by atoms with E-state index in [2.05, 4.69) is 10.1 Å². The van der Waals surface area contributed by atoms with Gasteiger partial charge in [-0.05, 0) is 12.8 Å². The van der Waals surface area contributed by atoms with Crippen LogP contribution in [0.15, 0.2) is 15.8 Å². The number of nitrogens with zero attached hydrogens (tertiary/aromatic N) is 3. The molecule has 0 unspecified atom stereocenters. The third kappa shape index (κ3) is 2.43. The summed E-state index contributed by atoms with van der Waals surface area (Å²) < 4.78 is 2.71. The molecule has 2 rings (SSSR count). The van der Waals surface area contributed by atoms with Crippen LogP contribution in [0.25, 0.3) is 5.69 Å². The zero-order chi connectivity index (χ0) is 14.9. The molecule has 2 heterocycles. The highest BCUT2D eigenvalue weighted by atomic mass is 35.5. The van der Waals surface area contributed by atoms with Crippen LogP contribution in [0.3, 0.4) is 0 Å². The number of hydrogen-bond acceptors (Lipinski definition) is 3. The second kappa shape index (κ2) is 5.66. The first-order valence-electron chi connectivity index (χ1n) is 6.56. The molecule has 0 bridgehead atoms. The van der Waals surface area contributed by atoms with E-state index in [0.717, 1.165) is 11.0 Å². The lowest BCUT2D eigenvalue weighted by Crippen LogP contribution is -2.36. The quantitative estimate of drug-likeness (QED) is 0.868. The zero-order valence-corrected chi connectivity index (χ0v) is 12.5. The van der Waals surface area contributed by atoms with Crippen LogP contribution < -0.4 is 11.2 Å². The Bertz CT molecular complexity index is 742. The lowest BCUT2D eigenvalue weighted by molar-refractivity contribution is 0.746. The lowest BCUT2D eigenvalue weighted by atomic mass is 10.2. The number of aromatic amines is 1. The van der Waals surface area contributed by atoms with E-state index < -0.39 is 5.69 Å². The molecular formula is C13H17ClN4O2. The van der Waals surface area contributed by atoms with E-state index in [1.807, 2.05) is 13.8 Å². The minimum absolute atomic E-state index is 0.125. The van der Waals surface area contributed by atoms with Crippen molar-refractivity contribution in [3.8, 4) is 5.69 Å². The summed E-state index contributed by atoms with van der Waals surface area (Å²) >= 11 is 5.96. The van der Waals surface area contributed by atoms with Gasteiger partial charge in [0.2, 0.25) is 0 Å². The molecule has 0 aliphatic rings. The number of halogens is 1. The summed E-state index contributed by atoms with van der Waals surface area (Å²) in [5.74, 6) is 0. The highest BCUT2D eigenvalue weighted by molar-refractivity contribution is 6.30. The average Bonchev–Trinajstić information content (AvgIpc) is 2.75. The first-order chi connectivity index (χ1) is 9.49. The highest BCUT2D eigenvalue weighted by Crippen LogP contribution is 2.13. The summed E-state index contributed by atoms with van der Waals surface area (Å²) in [7, 11) is 1.75. The fourth-order valence-electron chi connectivity index (χ4n) is 2.19. The molecule has 7 heteroatoms. The summed E-state index contributed by atoms with van der Waals surface area (Å²) in [6.07, 6.45) is 3.59. The zero-order valence-electron chi connectivity index (χ0n) is 11.7. The Hall–Kier alpha value is -1.82. The van der Waals surface area contributed by atoms with Crippen LogP contribution in [-0.2, 0) is 19.9 Å². The molecule has 2 aromatic rings. The fraction of sp³-hybridized carbons (Fsp3) is 0.462. The Labute approximate surface area is 121 Å². The fourth-order valence-corrected chi connectivity index (χ4v) is 2.45. The normalized spacial score (nSPS) is 11.0. The molecule has 1 N–H and O–H groups in total. The van der Waals surface area contributed by atoms with Crippen LogP contribution in [0.5, 0.6) is 0 Å². The van der Waals surface area contributed by atoms with E-state index in [-0.39, 0.29) is 10.7 Å². The average molecular weight is 297 g/mol. The number of aromatic nitrogens is 4. The summed E-state index contributed by atoms with van der Waals surface area (Å²) in [4.78, 5) is 27.1. The predicted molar refractivity (Wildman–Crippen MR) is 77.8 cm³/mol. The molecule has 0 amide bonds. The summed E-state index contributed by atoms with van der Waals surface area (Å²) in [6.45, 7) is 3.88. The highest BCUT2D eigenvalue weighted by Gasteiger charge is 2.17. The second-order valence-corrected chi connectivity index (χ2v) is 4.98. The SMILES string of the molecule is CCCc1c(Cl)[nH]c(=O)n(-c2cn(C)nc2CC)c1=O. The van der Waals surface area contributed by atoms with Gasteiger partial charge in [-0.15, -0.1) is 0 Å². The van der Waals surface area contributed by atoms with Gasteiger partial charge >= 0.3 is 5.69 Å². The van der Waals surface area contributed by atoms with Crippen LogP contribution >= 0.6 is 11.6 Å². The maximum atomic E-state index is 12.5. The standard InChI is InChI=1S/C13H17ClN4O2/c1-4-6-8-11(14)15-13(20)18(12(8)19)10-7-17(3)16-9(10)5-2/h7H,4-6H2,1-3H3,(H,15,20). The Morgan fingerprint density at radius 3 is 2.65 bits per heavy atom. The molecule has 0 aliphatic carbocycles. The van der Waals surface area contributed by atoms with Gasteiger partial charge in [0.15, 0.2) is 0 Å². The number of aryl methyl sites for hydroxylation is 2. The molecule has 0 aliphatic heterocycles. The topological polar surface area (TPSA) is 72.7 Å². The van der Waals surface area contributed by atoms with Gasteiger partial charge in [-0.3, -0.25) is 14.5 Å². The molecule has 0 fully saturated rings. The van der Waals surface area contributed by atoms with Gasteiger partial charge in [0.25, 0.3) is 5.56 Å². The van der Waals surface area contributed by atoms with E-state index in [1.54, 1.807) is 17.9 Å². The van der Waals surface area contributed by atoms with Crippen molar-refractivity contribution < 1.29 is 0 Å². The lowest BCUT2D eigenvalue weighted by Gasteiger charge is -2.07. The van der Waals surface area contributed by atoms with Crippen molar-refractivity contribution in [2.75, 3.05) is 0 Å². The van der Waals surface area contributed by atoms with Gasteiger partial charge in [-0.1, -0.05) is 31.9 Å². The van der Waals surface area contributed by atoms with Gasteiger partial charge in [-0.2, -0.15) is 5.10 Å². The maximum absolute atomic E-state index is 12.5. The van der Waals surface area contributed by atoms with Gasteiger partial charge < -0.3 is 0 Å². The Morgan fingerprint density at radius 2 is 2.05 bits per heavy atom. The van der Waals surface area contributed by atoms with Crippen molar-refractivity contribution >= 4 is 11.6 Å². The minimum Gasteiger partial charge on any atom is -0.297 e. The number of rotatable bonds is 4. The smallest absolute Gasteiger partial charge is 0.297 e. The molecule has 2 aromatic heterocycles. The number of hydrogen-bond donors (Lipinski definition) is 1. The van der Waals surface area contributed by atoms with Gasteiger partial charge in [-0.25, -0.2) is 9.36 Å². The number of H-pyrrole nitrogens is 1. The molecule has 0 saturated heterocycles. The molecule has 0 spiro atoms. The third-order valence-corrected chi connectivity index (χ3v) is 3.43. The minimum atomic E-state index is -0.539. The van der Waals surface area contributed by atoms with Gasteiger partial charge in [0.05, 0.1) is 16.9 Å². The van der Waals surface area contributed by atoms with Crippen molar-refractivity contribution in [3.05, 3.63) is 43.4 Å². The largest absolute Gasteiger partial charge is 0.334 e. The Balaban J connectivity index is 2.77. The van der Waals surface area contributed by atoms with Gasteiger partial charge in [0.1, 0.15) is 5.15 Å². The van der Waals surface area contributed by atoms with Crippen LogP contribution in [0.2, 0.25) is 5.15 Å². The first-order valence-corrected chi connectivity index (χ1v) is 6.94. The van der Waals surface area contributed by atoms with Crippen molar-refractivity contribution in [3.63, 3.8) is 0 Å². The molecular weight excluding hydrogens is 280 g/mol. The maximum Gasteiger partial charge on any atom is 0.334 e. The van der Waals surface area contributed by atoms with E-state index >= 15 is 0 Å². The molecule has 0 aromatic carbocycles. The number of nitrogens with one attached hydrogen (secondary N) is 1. The monoisotopic (exact) mass is 296 g/mol. The third-order valence-electron chi connectivity index (χ3n) is 3.10. The van der Waals surface area contributed by atoms with Crippen LogP contribution in [0.1, 0.15) is 31.5 Å². The van der Waals surface area contributed by atoms with Crippen LogP contribution in [-0.4, -0.2) is 19.3 Å². The van der Waals surface area contributed by atoms with Crippen LogP contribution in [0.4, 0.5) is 0 Å². The van der Waals surface area contributed by atoms with Crippen molar-refractivity contribution in [1.82, 2.24) is 19.3 Å². The Kier molecular flexibility index (Phi) is 4.13. The summed E-state index contributed by atoms with van der Waals surface area (Å²) in [5, 5.41) is 4.38. The molecule has 6 nitrogen and oxygen atoms in total. The van der Waals surface area contributed by atoms with Gasteiger partial charge in [0, 0.05) is 13.2 Å². The predicted octanol–water partition coefficient (Wildman–Crippen LogP) is 1.43. The molecule has 0 saturated carbocycles. The first kappa shape index (κ1) is 14.6. The van der Waals surface area contributed by atoms with Crippen molar-refractivity contribution in [1.29, 1.82) is 0 Å². The van der Waals surface area contributed by atoms with E-state index in [1.165, 1.54) is 0 Å². The summed E-state index contributed by atoms with van der Waals surface area (Å²) in [6, 6.07) is 0. The summed E-state index contributed by atoms with van der Waals surface area (Å²) in [5.41, 5.74) is 0.727. The Morgan fingerprint density at radius 1 is 1.35 bits per heavy atom.